The minimum atomic E-state index is -5.01. The van der Waals surface area contributed by atoms with E-state index >= 15 is 0 Å². The molecule has 2 atom stereocenters. The Morgan fingerprint density at radius 2 is 2.12 bits per heavy atom. The summed E-state index contributed by atoms with van der Waals surface area (Å²) in [5.41, 5.74) is -0.710. The van der Waals surface area contributed by atoms with Gasteiger partial charge in [-0.1, -0.05) is 0 Å². The minimum absolute atomic E-state index is 0.0792. The SMILES string of the molecule is O=C1CC2(CN1)CNC2OC(=O)C(F)(F)F. The van der Waals surface area contributed by atoms with Crippen molar-refractivity contribution in [3.8, 4) is 0 Å². The number of alkyl halides is 3. The van der Waals surface area contributed by atoms with E-state index in [0.717, 1.165) is 0 Å². The van der Waals surface area contributed by atoms with Crippen LogP contribution < -0.4 is 10.6 Å². The van der Waals surface area contributed by atoms with Gasteiger partial charge in [-0.3, -0.25) is 10.1 Å². The fourth-order valence-electron chi connectivity index (χ4n) is 1.84. The monoisotopic (exact) mass is 238 g/mol. The number of esters is 1. The Labute approximate surface area is 88.3 Å². The molecular weight excluding hydrogens is 229 g/mol. The zero-order valence-corrected chi connectivity index (χ0v) is 8.06. The Morgan fingerprint density at radius 1 is 1.44 bits per heavy atom. The summed E-state index contributed by atoms with van der Waals surface area (Å²) in [7, 11) is 0. The summed E-state index contributed by atoms with van der Waals surface area (Å²) < 4.78 is 40.1. The molecule has 2 rings (SSSR count). The zero-order chi connectivity index (χ0) is 12.0. The number of ether oxygens (including phenoxy) is 1. The third kappa shape index (κ3) is 1.73. The highest BCUT2D eigenvalue weighted by atomic mass is 19.4. The third-order valence-electron chi connectivity index (χ3n) is 2.80. The average Bonchev–Trinajstić information content (AvgIpc) is 2.55. The summed E-state index contributed by atoms with van der Waals surface area (Å²) in [6, 6.07) is 0. The summed E-state index contributed by atoms with van der Waals surface area (Å²) in [6.45, 7) is 0.593. The lowest BCUT2D eigenvalue weighted by Gasteiger charge is -2.45. The standard InChI is InChI=1S/C8H9F3N2O3/c9-8(10,11)6(15)16-5-7(3-13-5)1-4(14)12-2-7/h5,13H,1-3H2,(H,12,14). The van der Waals surface area contributed by atoms with E-state index < -0.39 is 23.8 Å². The molecule has 1 amide bonds. The molecule has 5 nitrogen and oxygen atoms in total. The van der Waals surface area contributed by atoms with Gasteiger partial charge in [0.05, 0.1) is 5.41 Å². The topological polar surface area (TPSA) is 67.4 Å². The van der Waals surface area contributed by atoms with Gasteiger partial charge in [0.25, 0.3) is 0 Å². The van der Waals surface area contributed by atoms with Crippen LogP contribution in [0, 0.1) is 5.41 Å². The number of halogens is 3. The average molecular weight is 238 g/mol. The van der Waals surface area contributed by atoms with Crippen molar-refractivity contribution in [3.63, 3.8) is 0 Å². The lowest BCUT2D eigenvalue weighted by atomic mass is 9.78. The van der Waals surface area contributed by atoms with Gasteiger partial charge in [-0.15, -0.1) is 0 Å². The molecule has 16 heavy (non-hydrogen) atoms. The van der Waals surface area contributed by atoms with Crippen LogP contribution in [0.5, 0.6) is 0 Å². The molecule has 90 valence electrons. The molecule has 2 unspecified atom stereocenters. The predicted molar refractivity (Wildman–Crippen MR) is 44.0 cm³/mol. The number of rotatable bonds is 1. The molecule has 2 heterocycles. The van der Waals surface area contributed by atoms with Crippen LogP contribution in [0.1, 0.15) is 6.42 Å². The summed E-state index contributed by atoms with van der Waals surface area (Å²) >= 11 is 0. The molecule has 2 fully saturated rings. The molecule has 0 saturated carbocycles. The number of carbonyl (C=O) groups is 2. The summed E-state index contributed by atoms with van der Waals surface area (Å²) in [6.07, 6.45) is -5.97. The van der Waals surface area contributed by atoms with Gasteiger partial charge in [0.2, 0.25) is 5.91 Å². The molecule has 0 aliphatic carbocycles. The largest absolute Gasteiger partial charge is 0.490 e. The fraction of sp³-hybridized carbons (Fsp3) is 0.750. The molecule has 2 N–H and O–H groups in total. The fourth-order valence-corrected chi connectivity index (χ4v) is 1.84. The maximum atomic E-state index is 11.9. The van der Waals surface area contributed by atoms with E-state index in [-0.39, 0.29) is 18.9 Å². The van der Waals surface area contributed by atoms with Crippen LogP contribution in [0.2, 0.25) is 0 Å². The van der Waals surface area contributed by atoms with Gasteiger partial charge < -0.3 is 10.1 Å². The number of carbonyl (C=O) groups excluding carboxylic acids is 2. The minimum Gasteiger partial charge on any atom is -0.439 e. The van der Waals surface area contributed by atoms with E-state index in [1.807, 2.05) is 0 Å². The van der Waals surface area contributed by atoms with Gasteiger partial charge >= 0.3 is 12.1 Å². The van der Waals surface area contributed by atoms with Gasteiger partial charge in [0, 0.05) is 19.5 Å². The van der Waals surface area contributed by atoms with Gasteiger partial charge in [-0.2, -0.15) is 13.2 Å². The van der Waals surface area contributed by atoms with Crippen LogP contribution in [-0.4, -0.2) is 37.4 Å². The van der Waals surface area contributed by atoms with Gasteiger partial charge in [0.1, 0.15) is 0 Å². The Morgan fingerprint density at radius 3 is 2.50 bits per heavy atom. The number of hydrogen-bond acceptors (Lipinski definition) is 4. The Kier molecular flexibility index (Phi) is 2.33. The van der Waals surface area contributed by atoms with Crippen molar-refractivity contribution in [2.24, 2.45) is 5.41 Å². The van der Waals surface area contributed by atoms with Crippen LogP contribution >= 0.6 is 0 Å². The van der Waals surface area contributed by atoms with Crippen molar-refractivity contribution in [2.45, 2.75) is 18.8 Å². The number of amides is 1. The van der Waals surface area contributed by atoms with Crippen LogP contribution in [0.4, 0.5) is 13.2 Å². The predicted octanol–water partition coefficient (Wildman–Crippen LogP) is -0.472. The molecule has 2 aliphatic rings. The second-order valence-corrected chi connectivity index (χ2v) is 3.98. The molecule has 0 aromatic heterocycles. The first-order valence-electron chi connectivity index (χ1n) is 4.61. The van der Waals surface area contributed by atoms with Crippen LogP contribution in [0.3, 0.4) is 0 Å². The van der Waals surface area contributed by atoms with E-state index in [9.17, 15) is 22.8 Å². The zero-order valence-electron chi connectivity index (χ0n) is 8.06. The van der Waals surface area contributed by atoms with E-state index in [0.29, 0.717) is 6.54 Å². The Hall–Kier alpha value is -1.31. The van der Waals surface area contributed by atoms with Crippen molar-refractivity contribution >= 4 is 11.9 Å². The summed E-state index contributed by atoms with van der Waals surface area (Å²) in [4.78, 5) is 21.6. The molecule has 2 saturated heterocycles. The molecule has 0 aromatic rings. The van der Waals surface area contributed by atoms with Crippen molar-refractivity contribution in [3.05, 3.63) is 0 Å². The summed E-state index contributed by atoms with van der Waals surface area (Å²) in [5, 5.41) is 5.07. The molecule has 1 spiro atoms. The molecule has 8 heteroatoms. The van der Waals surface area contributed by atoms with Crippen molar-refractivity contribution < 1.29 is 27.5 Å². The van der Waals surface area contributed by atoms with E-state index in [4.69, 9.17) is 0 Å². The number of hydrogen-bond donors (Lipinski definition) is 2. The highest BCUT2D eigenvalue weighted by Gasteiger charge is 2.56. The first-order chi connectivity index (χ1) is 7.33. The maximum Gasteiger partial charge on any atom is 0.490 e. The van der Waals surface area contributed by atoms with Gasteiger partial charge in [-0.05, 0) is 0 Å². The first-order valence-corrected chi connectivity index (χ1v) is 4.61. The van der Waals surface area contributed by atoms with E-state index in [2.05, 4.69) is 15.4 Å². The highest BCUT2D eigenvalue weighted by Crippen LogP contribution is 2.37. The van der Waals surface area contributed by atoms with Crippen LogP contribution in [0.15, 0.2) is 0 Å². The first kappa shape index (κ1) is 11.2. The quantitative estimate of drug-likeness (QED) is 0.606. The van der Waals surface area contributed by atoms with Crippen molar-refractivity contribution in [1.29, 1.82) is 0 Å². The Bertz CT molecular complexity index is 344. The normalized spacial score (nSPS) is 33.4. The molecule has 0 aromatic carbocycles. The summed E-state index contributed by atoms with van der Waals surface area (Å²) in [5.74, 6) is -2.47. The van der Waals surface area contributed by atoms with Crippen LogP contribution in [0.25, 0.3) is 0 Å². The Balaban J connectivity index is 1.97. The molecule has 0 radical (unpaired) electrons. The highest BCUT2D eigenvalue weighted by molar-refractivity contribution is 5.80. The second kappa shape index (κ2) is 3.34. The lowest BCUT2D eigenvalue weighted by Crippen LogP contribution is -2.65. The van der Waals surface area contributed by atoms with Crippen molar-refractivity contribution in [1.82, 2.24) is 10.6 Å². The van der Waals surface area contributed by atoms with E-state index in [1.54, 1.807) is 0 Å². The smallest absolute Gasteiger partial charge is 0.439 e. The maximum absolute atomic E-state index is 11.9. The molecule has 0 bridgehead atoms. The second-order valence-electron chi connectivity index (χ2n) is 3.98. The number of nitrogens with one attached hydrogen (secondary N) is 2. The van der Waals surface area contributed by atoms with Gasteiger partial charge in [0.15, 0.2) is 6.23 Å². The van der Waals surface area contributed by atoms with Gasteiger partial charge in [-0.25, -0.2) is 4.79 Å². The van der Waals surface area contributed by atoms with E-state index in [1.165, 1.54) is 0 Å². The lowest BCUT2D eigenvalue weighted by molar-refractivity contribution is -0.220. The molecule has 2 aliphatic heterocycles. The third-order valence-corrected chi connectivity index (χ3v) is 2.80. The van der Waals surface area contributed by atoms with Crippen molar-refractivity contribution in [2.75, 3.05) is 13.1 Å². The van der Waals surface area contributed by atoms with Crippen LogP contribution in [-0.2, 0) is 14.3 Å². The molecular formula is C8H9F3N2O3.